The van der Waals surface area contributed by atoms with Crippen molar-refractivity contribution in [1.82, 2.24) is 10.2 Å². The van der Waals surface area contributed by atoms with Crippen LogP contribution < -0.4 is 4.74 Å². The molecule has 0 saturated carbocycles. The van der Waals surface area contributed by atoms with E-state index in [2.05, 4.69) is 37.0 Å². The summed E-state index contributed by atoms with van der Waals surface area (Å²) in [4.78, 5) is 0. The third-order valence-corrected chi connectivity index (χ3v) is 4.55. The minimum Gasteiger partial charge on any atom is -0.496 e. The van der Waals surface area contributed by atoms with E-state index in [1.54, 1.807) is 7.11 Å². The molecule has 0 N–H and O–H groups in total. The molecule has 0 amide bonds. The minimum absolute atomic E-state index is 0.0627. The van der Waals surface area contributed by atoms with E-state index in [0.29, 0.717) is 18.2 Å². The monoisotopic (exact) mass is 330 g/mol. The van der Waals surface area contributed by atoms with Gasteiger partial charge in [-0.15, -0.1) is 10.2 Å². The highest BCUT2D eigenvalue weighted by molar-refractivity contribution is 5.33. The summed E-state index contributed by atoms with van der Waals surface area (Å²) in [5.41, 5.74) is 1.21. The molecule has 1 fully saturated rings. The lowest BCUT2D eigenvalue weighted by atomic mass is 9.81. The quantitative estimate of drug-likeness (QED) is 0.835. The Hall–Kier alpha value is -1.88. The Morgan fingerprint density at radius 2 is 1.96 bits per heavy atom. The first-order chi connectivity index (χ1) is 11.5. The Labute approximate surface area is 143 Å². The molecule has 2 aromatic rings. The van der Waals surface area contributed by atoms with Crippen LogP contribution in [-0.2, 0) is 17.6 Å². The van der Waals surface area contributed by atoms with Gasteiger partial charge in [0.2, 0.25) is 11.8 Å². The van der Waals surface area contributed by atoms with Crippen molar-refractivity contribution in [3.05, 3.63) is 41.6 Å². The zero-order chi connectivity index (χ0) is 17.2. The molecular formula is C19H26N2O3. The Morgan fingerprint density at radius 1 is 1.17 bits per heavy atom. The predicted molar refractivity (Wildman–Crippen MR) is 91.3 cm³/mol. The van der Waals surface area contributed by atoms with Crippen LogP contribution in [0, 0.1) is 5.41 Å². The lowest BCUT2D eigenvalue weighted by molar-refractivity contribution is 0.0170. The first kappa shape index (κ1) is 17.0. The number of hydrogen-bond acceptors (Lipinski definition) is 5. The van der Waals surface area contributed by atoms with Gasteiger partial charge in [0, 0.05) is 13.0 Å². The molecular weight excluding hydrogens is 304 g/mol. The van der Waals surface area contributed by atoms with E-state index >= 15 is 0 Å². The molecule has 1 aromatic heterocycles. The lowest BCUT2D eigenvalue weighted by Gasteiger charge is -2.29. The van der Waals surface area contributed by atoms with Gasteiger partial charge in [0.05, 0.1) is 19.1 Å². The summed E-state index contributed by atoms with van der Waals surface area (Å²) in [6.45, 7) is 7.32. The van der Waals surface area contributed by atoms with Gasteiger partial charge in [-0.05, 0) is 29.9 Å². The van der Waals surface area contributed by atoms with E-state index in [1.165, 1.54) is 0 Å². The average molecular weight is 330 g/mol. The Kier molecular flexibility index (Phi) is 4.90. The number of methoxy groups -OCH3 is 1. The van der Waals surface area contributed by atoms with Crippen molar-refractivity contribution in [1.29, 1.82) is 0 Å². The first-order valence-electron chi connectivity index (χ1n) is 8.55. The molecule has 0 radical (unpaired) electrons. The van der Waals surface area contributed by atoms with Crippen molar-refractivity contribution in [3.63, 3.8) is 0 Å². The summed E-state index contributed by atoms with van der Waals surface area (Å²) in [7, 11) is 1.69. The standard InChI is InChI=1S/C19H26N2O3/c1-19(2,3)17-14(11-12-23-17)18-21-20-16(24-18)10-9-13-7-5-6-8-15(13)22-4/h5-8,14,17H,9-12H2,1-4H3/t14-,17-/m0/s1. The molecule has 1 aliphatic rings. The summed E-state index contributed by atoms with van der Waals surface area (Å²) in [5.74, 6) is 2.48. The van der Waals surface area contributed by atoms with Gasteiger partial charge in [-0.25, -0.2) is 0 Å². The molecule has 130 valence electrons. The number of rotatable bonds is 5. The molecule has 1 saturated heterocycles. The summed E-state index contributed by atoms with van der Waals surface area (Å²) in [5, 5.41) is 8.52. The Bertz CT molecular complexity index is 675. The highest BCUT2D eigenvalue weighted by atomic mass is 16.5. The number of benzene rings is 1. The van der Waals surface area contributed by atoms with Gasteiger partial charge in [0.25, 0.3) is 0 Å². The molecule has 0 aliphatic carbocycles. The second kappa shape index (κ2) is 6.93. The van der Waals surface area contributed by atoms with Crippen LogP contribution in [0.25, 0.3) is 0 Å². The third kappa shape index (κ3) is 3.61. The van der Waals surface area contributed by atoms with Crippen LogP contribution in [0.5, 0.6) is 5.75 Å². The van der Waals surface area contributed by atoms with Gasteiger partial charge in [0.15, 0.2) is 0 Å². The predicted octanol–water partition coefficient (Wildman–Crippen LogP) is 3.78. The maximum atomic E-state index is 5.95. The van der Waals surface area contributed by atoms with E-state index in [1.807, 2.05) is 18.2 Å². The van der Waals surface area contributed by atoms with Crippen LogP contribution in [0.15, 0.2) is 28.7 Å². The summed E-state index contributed by atoms with van der Waals surface area (Å²) < 4.78 is 17.2. The van der Waals surface area contributed by atoms with Crippen LogP contribution in [0.3, 0.4) is 0 Å². The topological polar surface area (TPSA) is 57.4 Å². The number of ether oxygens (including phenoxy) is 2. The molecule has 5 nitrogen and oxygen atoms in total. The molecule has 2 heterocycles. The number of para-hydroxylation sites is 1. The molecule has 3 rings (SSSR count). The van der Waals surface area contributed by atoms with Crippen LogP contribution in [0.4, 0.5) is 0 Å². The Balaban J connectivity index is 1.68. The van der Waals surface area contributed by atoms with E-state index in [-0.39, 0.29) is 17.4 Å². The van der Waals surface area contributed by atoms with Crippen molar-refractivity contribution >= 4 is 0 Å². The van der Waals surface area contributed by atoms with Crippen molar-refractivity contribution in [2.24, 2.45) is 5.41 Å². The number of aromatic nitrogens is 2. The fraction of sp³-hybridized carbons (Fsp3) is 0.579. The van der Waals surface area contributed by atoms with Crippen LogP contribution in [-0.4, -0.2) is 30.0 Å². The van der Waals surface area contributed by atoms with E-state index in [0.717, 1.165) is 30.8 Å². The minimum atomic E-state index is 0.0627. The average Bonchev–Trinajstić information content (AvgIpc) is 3.21. The van der Waals surface area contributed by atoms with E-state index in [4.69, 9.17) is 13.9 Å². The normalized spacial score (nSPS) is 21.2. The van der Waals surface area contributed by atoms with Gasteiger partial charge in [-0.3, -0.25) is 0 Å². The first-order valence-corrected chi connectivity index (χ1v) is 8.55. The van der Waals surface area contributed by atoms with Gasteiger partial charge in [0.1, 0.15) is 5.75 Å². The highest BCUT2D eigenvalue weighted by Crippen LogP contribution is 2.40. The molecule has 1 aromatic carbocycles. The fourth-order valence-corrected chi connectivity index (χ4v) is 3.36. The van der Waals surface area contributed by atoms with Crippen molar-refractivity contribution in [3.8, 4) is 5.75 Å². The molecule has 0 spiro atoms. The van der Waals surface area contributed by atoms with Gasteiger partial charge in [-0.2, -0.15) is 0 Å². The molecule has 1 aliphatic heterocycles. The SMILES string of the molecule is COc1ccccc1CCc1nnc([C@H]2CCO[C@@H]2C(C)(C)C)o1. The largest absolute Gasteiger partial charge is 0.496 e. The Morgan fingerprint density at radius 3 is 2.71 bits per heavy atom. The van der Waals surface area contributed by atoms with Crippen molar-refractivity contribution in [2.45, 2.75) is 52.1 Å². The van der Waals surface area contributed by atoms with Crippen LogP contribution in [0.1, 0.15) is 50.5 Å². The molecule has 0 unspecified atom stereocenters. The second-order valence-electron chi connectivity index (χ2n) is 7.40. The molecule has 5 heteroatoms. The maximum Gasteiger partial charge on any atom is 0.222 e. The highest BCUT2D eigenvalue weighted by Gasteiger charge is 2.41. The van der Waals surface area contributed by atoms with E-state index < -0.39 is 0 Å². The fourth-order valence-electron chi connectivity index (χ4n) is 3.36. The summed E-state index contributed by atoms with van der Waals surface area (Å²) in [6.07, 6.45) is 2.59. The maximum absolute atomic E-state index is 5.95. The van der Waals surface area contributed by atoms with Gasteiger partial charge < -0.3 is 13.9 Å². The van der Waals surface area contributed by atoms with Gasteiger partial charge in [-0.1, -0.05) is 39.0 Å². The number of hydrogen-bond donors (Lipinski definition) is 0. The molecule has 0 bridgehead atoms. The summed E-state index contributed by atoms with van der Waals surface area (Å²) >= 11 is 0. The van der Waals surface area contributed by atoms with Crippen molar-refractivity contribution < 1.29 is 13.9 Å². The zero-order valence-corrected chi connectivity index (χ0v) is 14.9. The zero-order valence-electron chi connectivity index (χ0n) is 14.9. The van der Waals surface area contributed by atoms with E-state index in [9.17, 15) is 0 Å². The smallest absolute Gasteiger partial charge is 0.222 e. The molecule has 2 atom stereocenters. The van der Waals surface area contributed by atoms with Crippen LogP contribution >= 0.6 is 0 Å². The van der Waals surface area contributed by atoms with Crippen molar-refractivity contribution in [2.75, 3.05) is 13.7 Å². The molecule has 24 heavy (non-hydrogen) atoms. The third-order valence-electron chi connectivity index (χ3n) is 4.55. The number of nitrogens with zero attached hydrogens (tertiary/aromatic N) is 2. The summed E-state index contributed by atoms with van der Waals surface area (Å²) in [6, 6.07) is 8.02. The lowest BCUT2D eigenvalue weighted by Crippen LogP contribution is -2.30. The number of aryl methyl sites for hydroxylation is 2. The second-order valence-corrected chi connectivity index (χ2v) is 7.40. The van der Waals surface area contributed by atoms with Crippen LogP contribution in [0.2, 0.25) is 0 Å². The van der Waals surface area contributed by atoms with Gasteiger partial charge >= 0.3 is 0 Å².